The van der Waals surface area contributed by atoms with E-state index in [1.54, 1.807) is 0 Å². The van der Waals surface area contributed by atoms with Crippen molar-refractivity contribution in [3.63, 3.8) is 0 Å². The number of aryl methyl sites for hydroxylation is 6. The molecule has 0 amide bonds. The van der Waals surface area contributed by atoms with E-state index in [9.17, 15) is 0 Å². The molecule has 13 aromatic rings. The summed E-state index contributed by atoms with van der Waals surface area (Å²) in [6, 6.07) is 58.7. The Bertz CT molecular complexity index is 4220. The van der Waals surface area contributed by atoms with Crippen LogP contribution in [-0.4, -0.2) is 29.1 Å². The van der Waals surface area contributed by atoms with Gasteiger partial charge in [0.1, 0.15) is 34.6 Å². The lowest BCUT2D eigenvalue weighted by Gasteiger charge is -2.19. The average Bonchev–Trinajstić information content (AvgIpc) is 4.12. The number of aromatic nitrogens is 6. The van der Waals surface area contributed by atoms with Crippen LogP contribution < -0.4 is 9.47 Å². The van der Waals surface area contributed by atoms with Crippen LogP contribution in [0.15, 0.2) is 195 Å². The zero-order chi connectivity index (χ0) is 53.3. The third-order valence-corrected chi connectivity index (χ3v) is 15.5. The van der Waals surface area contributed by atoms with Crippen LogP contribution >= 0.6 is 0 Å². The minimum Gasteiger partial charge on any atom is -0.457 e. The summed E-state index contributed by atoms with van der Waals surface area (Å²) in [5.41, 5.74) is 22.0. The van der Waals surface area contributed by atoms with Gasteiger partial charge in [-0.25, -0.2) is 9.97 Å². The smallest absolute Gasteiger partial charge is 0.141 e. The molecule has 0 aliphatic heterocycles. The summed E-state index contributed by atoms with van der Waals surface area (Å²) in [4.78, 5) is 20.1. The molecule has 8 aromatic carbocycles. The van der Waals surface area contributed by atoms with Crippen molar-refractivity contribution >= 4 is 43.6 Å². The van der Waals surface area contributed by atoms with Gasteiger partial charge in [-0.3, -0.25) is 19.1 Å². The second-order valence-electron chi connectivity index (χ2n) is 20.7. The van der Waals surface area contributed by atoms with Crippen molar-refractivity contribution in [2.24, 2.45) is 0 Å². The molecule has 0 N–H and O–H groups in total. The molecule has 13 rings (SSSR count). The minimum absolute atomic E-state index is 0.693. The zero-order valence-corrected chi connectivity index (χ0v) is 45.0. The normalized spacial score (nSPS) is 11.6. The number of pyridine rings is 2. The van der Waals surface area contributed by atoms with Gasteiger partial charge in [-0.15, -0.1) is 0 Å². The first-order chi connectivity index (χ1) is 38.0. The number of benzene rings is 8. The molecule has 0 atom stereocenters. The van der Waals surface area contributed by atoms with Crippen LogP contribution in [0, 0.1) is 55.4 Å². The Balaban J connectivity index is 0.778. The molecule has 0 saturated carbocycles. The molecule has 0 unspecified atom stereocenters. The lowest BCUT2D eigenvalue weighted by molar-refractivity contribution is 0.483. The maximum atomic E-state index is 6.67. The lowest BCUT2D eigenvalue weighted by atomic mass is 9.90. The first kappa shape index (κ1) is 48.0. The number of rotatable bonds is 10. The molecule has 0 saturated heterocycles. The number of fused-ring (bicyclic) bond motifs is 6. The Morgan fingerprint density at radius 2 is 0.667 bits per heavy atom. The first-order valence-corrected chi connectivity index (χ1v) is 26.5. The topological polar surface area (TPSA) is 79.9 Å². The van der Waals surface area contributed by atoms with Gasteiger partial charge in [0.25, 0.3) is 0 Å². The van der Waals surface area contributed by atoms with E-state index in [4.69, 9.17) is 29.4 Å². The largest absolute Gasteiger partial charge is 0.457 e. The van der Waals surface area contributed by atoms with Gasteiger partial charge in [0.15, 0.2) is 0 Å². The molecule has 0 fully saturated rings. The van der Waals surface area contributed by atoms with Crippen LogP contribution in [0.25, 0.3) is 100 Å². The predicted octanol–water partition coefficient (Wildman–Crippen LogP) is 18.2. The van der Waals surface area contributed by atoms with Gasteiger partial charge in [-0.05, 0) is 172 Å². The zero-order valence-electron chi connectivity index (χ0n) is 45.0. The molecule has 0 aliphatic carbocycles. The van der Waals surface area contributed by atoms with Crippen LogP contribution in [0.3, 0.4) is 0 Å². The number of hydrogen-bond donors (Lipinski definition) is 0. The first-order valence-electron chi connectivity index (χ1n) is 26.5. The number of hydrogen-bond acceptors (Lipinski definition) is 6. The number of ether oxygens (including phenoxy) is 2. The van der Waals surface area contributed by atoms with Crippen molar-refractivity contribution in [1.29, 1.82) is 0 Å². The van der Waals surface area contributed by atoms with E-state index in [-0.39, 0.29) is 0 Å². The molecule has 0 bridgehead atoms. The highest BCUT2D eigenvalue weighted by atomic mass is 16.5. The highest BCUT2D eigenvalue weighted by Gasteiger charge is 2.23. The third kappa shape index (κ3) is 8.16. The van der Waals surface area contributed by atoms with Crippen molar-refractivity contribution in [2.45, 2.75) is 55.4 Å². The molecule has 0 radical (unpaired) electrons. The van der Waals surface area contributed by atoms with Crippen LogP contribution in [0.1, 0.15) is 44.5 Å². The molecule has 5 heterocycles. The summed E-state index contributed by atoms with van der Waals surface area (Å²) in [7, 11) is 0. The van der Waals surface area contributed by atoms with E-state index < -0.39 is 0 Å². The third-order valence-electron chi connectivity index (χ3n) is 15.5. The Kier molecular flexibility index (Phi) is 11.8. The fourth-order valence-electron chi connectivity index (χ4n) is 11.9. The van der Waals surface area contributed by atoms with Crippen molar-refractivity contribution in [2.75, 3.05) is 0 Å². The Hall–Kier alpha value is -9.66. The fraction of sp³-hybridized carbons (Fsp3) is 0.114. The quantitative estimate of drug-likeness (QED) is 0.136. The van der Waals surface area contributed by atoms with Gasteiger partial charge in [0, 0.05) is 68.3 Å². The van der Waals surface area contributed by atoms with Gasteiger partial charge >= 0.3 is 0 Å². The van der Waals surface area contributed by atoms with Gasteiger partial charge in [-0.2, -0.15) is 0 Å². The van der Waals surface area contributed by atoms with E-state index in [1.807, 2.05) is 85.5 Å². The van der Waals surface area contributed by atoms with Crippen molar-refractivity contribution in [3.05, 3.63) is 239 Å². The van der Waals surface area contributed by atoms with E-state index in [2.05, 4.69) is 174 Å². The van der Waals surface area contributed by atoms with E-state index in [1.165, 1.54) is 44.5 Å². The molecule has 5 aromatic heterocycles. The molecule has 0 spiro atoms. The van der Waals surface area contributed by atoms with E-state index in [0.29, 0.717) is 11.5 Å². The van der Waals surface area contributed by atoms with E-state index in [0.717, 1.165) is 112 Å². The summed E-state index contributed by atoms with van der Waals surface area (Å²) >= 11 is 0. The molecular weight excluding hydrogens is 957 g/mol. The fourth-order valence-corrected chi connectivity index (χ4v) is 11.9. The predicted molar refractivity (Wildman–Crippen MR) is 319 cm³/mol. The molecule has 0 aliphatic rings. The van der Waals surface area contributed by atoms with Gasteiger partial charge < -0.3 is 9.47 Å². The van der Waals surface area contributed by atoms with Crippen LogP contribution in [0.2, 0.25) is 0 Å². The van der Waals surface area contributed by atoms with E-state index >= 15 is 0 Å². The van der Waals surface area contributed by atoms with Crippen LogP contribution in [0.4, 0.5) is 0 Å². The molecule has 8 heteroatoms. The number of nitrogens with zero attached hydrogens (tertiary/aromatic N) is 6. The summed E-state index contributed by atoms with van der Waals surface area (Å²) in [6.07, 6.45) is 7.64. The molecular formula is C70H56N6O2. The van der Waals surface area contributed by atoms with Gasteiger partial charge in [-0.1, -0.05) is 97.1 Å². The second-order valence-corrected chi connectivity index (χ2v) is 20.7. The Labute approximate surface area is 453 Å². The summed E-state index contributed by atoms with van der Waals surface area (Å²) < 4.78 is 17.9. The SMILES string of the molecule is Cc1cccc(C)c1-c1c(C)cnc(-n2c3ccccc3c3ccc(Oc4cccc(-c5cnc(-c6cccc(Oc7ccc8c9ccccc9n(-c9ncc(C)c(-c%10c(C)cccc%10C)c9C)c8c7)c6)cn5)c4)cc32)c1C. The van der Waals surface area contributed by atoms with Crippen LogP contribution in [-0.2, 0) is 0 Å². The second kappa shape index (κ2) is 19.2. The van der Waals surface area contributed by atoms with Gasteiger partial charge in [0.2, 0.25) is 0 Å². The lowest BCUT2D eigenvalue weighted by Crippen LogP contribution is -2.04. The van der Waals surface area contributed by atoms with Crippen molar-refractivity contribution < 1.29 is 9.47 Å². The number of para-hydroxylation sites is 2. The molecule has 78 heavy (non-hydrogen) atoms. The highest BCUT2D eigenvalue weighted by Crippen LogP contribution is 2.42. The standard InChI is InChI=1S/C70H56N6O2/c1-41-17-13-18-42(2)65(41)67-45(5)37-73-69(47(67)7)75-61-27-11-9-25-55(61)57-31-29-53(35-63(57)75)77-51-23-15-21-49(33-51)59-39-72-60(40-71-59)50-22-16-24-52(34-50)78-54-30-32-58-56-26-10-12-28-62(56)76(64(58)36-54)70-48(8)68(46(6)38-74-70)66-43(3)19-14-20-44(66)4/h9-40H,1-8H3. The van der Waals surface area contributed by atoms with Crippen molar-refractivity contribution in [3.8, 4) is 79.4 Å². The summed E-state index contributed by atoms with van der Waals surface area (Å²) in [5, 5.41) is 4.58. The van der Waals surface area contributed by atoms with Crippen LogP contribution in [0.5, 0.6) is 23.0 Å². The minimum atomic E-state index is 0.693. The maximum Gasteiger partial charge on any atom is 0.141 e. The van der Waals surface area contributed by atoms with Crippen molar-refractivity contribution in [1.82, 2.24) is 29.1 Å². The summed E-state index contributed by atoms with van der Waals surface area (Å²) in [5.74, 6) is 4.62. The maximum absolute atomic E-state index is 6.67. The van der Waals surface area contributed by atoms with Gasteiger partial charge in [0.05, 0.1) is 45.8 Å². The monoisotopic (exact) mass is 1010 g/mol. The molecule has 378 valence electrons. The average molecular weight is 1010 g/mol. The highest BCUT2D eigenvalue weighted by molar-refractivity contribution is 6.11. The molecule has 8 nitrogen and oxygen atoms in total. The Morgan fingerprint density at radius 3 is 1.08 bits per heavy atom. The Morgan fingerprint density at radius 1 is 0.295 bits per heavy atom. The summed E-state index contributed by atoms with van der Waals surface area (Å²) in [6.45, 7) is 17.5.